The zero-order valence-electron chi connectivity index (χ0n) is 11.0. The summed E-state index contributed by atoms with van der Waals surface area (Å²) in [5.41, 5.74) is 3.07. The highest BCUT2D eigenvalue weighted by Gasteiger charge is 2.37. The monoisotopic (exact) mass is 230 g/mol. The standard InChI is InChI=1S/C15H22N2/c1-15(2,3)11-4-6-13(7-5-11)17-10-12-8-14(17)9-16-12/h4-7,12,14,16H,8-10H2,1-3H3/t12-,14-/m0/s1. The molecule has 2 nitrogen and oxygen atoms in total. The molecule has 1 aromatic rings. The quantitative estimate of drug-likeness (QED) is 0.797. The molecule has 1 N–H and O–H groups in total. The molecule has 0 spiro atoms. The Hall–Kier alpha value is -1.02. The lowest BCUT2D eigenvalue weighted by molar-refractivity contribution is 0.578. The number of rotatable bonds is 1. The molecule has 0 saturated carbocycles. The molecule has 92 valence electrons. The Morgan fingerprint density at radius 2 is 1.88 bits per heavy atom. The highest BCUT2D eigenvalue weighted by Crippen LogP contribution is 2.31. The van der Waals surface area contributed by atoms with Gasteiger partial charge < -0.3 is 10.2 Å². The van der Waals surface area contributed by atoms with E-state index in [9.17, 15) is 0 Å². The zero-order chi connectivity index (χ0) is 12.0. The molecule has 2 bridgehead atoms. The van der Waals surface area contributed by atoms with Gasteiger partial charge in [0.25, 0.3) is 0 Å². The van der Waals surface area contributed by atoms with Gasteiger partial charge in [-0.15, -0.1) is 0 Å². The third kappa shape index (κ3) is 1.95. The van der Waals surface area contributed by atoms with Gasteiger partial charge in [-0.25, -0.2) is 0 Å². The van der Waals surface area contributed by atoms with Crippen molar-refractivity contribution in [3.63, 3.8) is 0 Å². The van der Waals surface area contributed by atoms with Gasteiger partial charge >= 0.3 is 0 Å². The van der Waals surface area contributed by atoms with Gasteiger partial charge in [0, 0.05) is 30.9 Å². The van der Waals surface area contributed by atoms with Crippen LogP contribution in [0.4, 0.5) is 5.69 Å². The summed E-state index contributed by atoms with van der Waals surface area (Å²) >= 11 is 0. The molecular formula is C15H22N2. The van der Waals surface area contributed by atoms with Crippen molar-refractivity contribution in [2.24, 2.45) is 0 Å². The SMILES string of the molecule is CC(C)(C)c1ccc(N2C[C@@H]3C[C@H]2CN3)cc1. The van der Waals surface area contributed by atoms with E-state index < -0.39 is 0 Å². The van der Waals surface area contributed by atoms with E-state index in [2.05, 4.69) is 55.3 Å². The van der Waals surface area contributed by atoms with Gasteiger partial charge in [-0.3, -0.25) is 0 Å². The third-order valence-corrected chi connectivity index (χ3v) is 4.12. The molecule has 2 atom stereocenters. The molecule has 2 saturated heterocycles. The molecule has 2 aliphatic rings. The van der Waals surface area contributed by atoms with Crippen molar-refractivity contribution in [1.82, 2.24) is 5.32 Å². The number of piperazine rings is 1. The molecular weight excluding hydrogens is 208 g/mol. The van der Waals surface area contributed by atoms with Crippen molar-refractivity contribution in [1.29, 1.82) is 0 Å². The van der Waals surface area contributed by atoms with Crippen molar-refractivity contribution in [3.8, 4) is 0 Å². The number of hydrogen-bond donors (Lipinski definition) is 1. The topological polar surface area (TPSA) is 15.3 Å². The summed E-state index contributed by atoms with van der Waals surface area (Å²) in [6.45, 7) is 9.14. The first-order chi connectivity index (χ1) is 8.04. The maximum Gasteiger partial charge on any atom is 0.0430 e. The van der Waals surface area contributed by atoms with Crippen LogP contribution in [0.3, 0.4) is 0 Å². The maximum atomic E-state index is 3.55. The fourth-order valence-corrected chi connectivity index (χ4v) is 3.03. The Labute approximate surface area is 104 Å². The fraction of sp³-hybridized carbons (Fsp3) is 0.600. The van der Waals surface area contributed by atoms with E-state index in [4.69, 9.17) is 0 Å². The predicted molar refractivity (Wildman–Crippen MR) is 72.7 cm³/mol. The number of benzene rings is 1. The summed E-state index contributed by atoms with van der Waals surface area (Å²) in [7, 11) is 0. The van der Waals surface area contributed by atoms with Crippen LogP contribution in [-0.2, 0) is 5.41 Å². The van der Waals surface area contributed by atoms with Crippen molar-refractivity contribution < 1.29 is 0 Å². The van der Waals surface area contributed by atoms with Crippen LogP contribution >= 0.6 is 0 Å². The van der Waals surface area contributed by atoms with Gasteiger partial charge in [-0.05, 0) is 29.5 Å². The fourth-order valence-electron chi connectivity index (χ4n) is 3.03. The molecule has 0 radical (unpaired) electrons. The Bertz CT molecular complexity index is 402. The minimum atomic E-state index is 0.254. The van der Waals surface area contributed by atoms with E-state index in [1.807, 2.05) is 0 Å². The molecule has 0 aromatic heterocycles. The summed E-state index contributed by atoms with van der Waals surface area (Å²) < 4.78 is 0. The van der Waals surface area contributed by atoms with Crippen molar-refractivity contribution >= 4 is 5.69 Å². The molecule has 2 heteroatoms. The number of anilines is 1. The number of fused-ring (bicyclic) bond motifs is 2. The second-order valence-corrected chi connectivity index (χ2v) is 6.44. The Kier molecular flexibility index (Phi) is 2.44. The lowest BCUT2D eigenvalue weighted by Crippen LogP contribution is -2.43. The molecule has 3 rings (SSSR count). The van der Waals surface area contributed by atoms with Gasteiger partial charge in [0.2, 0.25) is 0 Å². The smallest absolute Gasteiger partial charge is 0.0430 e. The lowest BCUT2D eigenvalue weighted by Gasteiger charge is -2.30. The van der Waals surface area contributed by atoms with Gasteiger partial charge in [0.05, 0.1) is 0 Å². The highest BCUT2D eigenvalue weighted by molar-refractivity contribution is 5.51. The normalized spacial score (nSPS) is 27.8. The molecule has 2 aliphatic heterocycles. The Morgan fingerprint density at radius 1 is 1.18 bits per heavy atom. The summed E-state index contributed by atoms with van der Waals surface area (Å²) in [4.78, 5) is 2.56. The Morgan fingerprint density at radius 3 is 2.35 bits per heavy atom. The first-order valence-corrected chi connectivity index (χ1v) is 6.64. The van der Waals surface area contributed by atoms with Crippen LogP contribution in [0.2, 0.25) is 0 Å². The van der Waals surface area contributed by atoms with Crippen LogP contribution in [-0.4, -0.2) is 25.2 Å². The van der Waals surface area contributed by atoms with Crippen LogP contribution in [0.25, 0.3) is 0 Å². The lowest BCUT2D eigenvalue weighted by atomic mass is 9.87. The van der Waals surface area contributed by atoms with E-state index >= 15 is 0 Å². The van der Waals surface area contributed by atoms with E-state index in [0.717, 1.165) is 18.6 Å². The van der Waals surface area contributed by atoms with E-state index in [-0.39, 0.29) is 5.41 Å². The van der Waals surface area contributed by atoms with Gasteiger partial charge in [0.15, 0.2) is 0 Å². The first-order valence-electron chi connectivity index (χ1n) is 6.64. The van der Waals surface area contributed by atoms with Crippen LogP contribution in [0.15, 0.2) is 24.3 Å². The van der Waals surface area contributed by atoms with Crippen LogP contribution < -0.4 is 10.2 Å². The van der Waals surface area contributed by atoms with Crippen molar-refractivity contribution in [2.45, 2.75) is 44.7 Å². The van der Waals surface area contributed by atoms with E-state index in [0.29, 0.717) is 0 Å². The van der Waals surface area contributed by atoms with Gasteiger partial charge in [-0.2, -0.15) is 0 Å². The third-order valence-electron chi connectivity index (χ3n) is 4.12. The van der Waals surface area contributed by atoms with Crippen molar-refractivity contribution in [3.05, 3.63) is 29.8 Å². The molecule has 17 heavy (non-hydrogen) atoms. The van der Waals surface area contributed by atoms with Crippen molar-refractivity contribution in [2.75, 3.05) is 18.0 Å². The highest BCUT2D eigenvalue weighted by atomic mass is 15.3. The summed E-state index contributed by atoms with van der Waals surface area (Å²) in [6, 6.07) is 10.6. The largest absolute Gasteiger partial charge is 0.366 e. The molecule has 1 aromatic carbocycles. The average Bonchev–Trinajstić information content (AvgIpc) is 2.89. The van der Waals surface area contributed by atoms with Crippen LogP contribution in [0.5, 0.6) is 0 Å². The maximum absolute atomic E-state index is 3.55. The number of hydrogen-bond acceptors (Lipinski definition) is 2. The molecule has 0 aliphatic carbocycles. The first kappa shape index (κ1) is 11.1. The molecule has 0 unspecified atom stereocenters. The average molecular weight is 230 g/mol. The van der Waals surface area contributed by atoms with E-state index in [1.54, 1.807) is 0 Å². The van der Waals surface area contributed by atoms with Gasteiger partial charge in [0.1, 0.15) is 0 Å². The summed E-state index contributed by atoms with van der Waals surface area (Å²) in [5, 5.41) is 3.55. The number of nitrogens with one attached hydrogen (secondary N) is 1. The summed E-state index contributed by atoms with van der Waals surface area (Å²) in [6.07, 6.45) is 1.32. The summed E-state index contributed by atoms with van der Waals surface area (Å²) in [5.74, 6) is 0. The van der Waals surface area contributed by atoms with Crippen LogP contribution in [0.1, 0.15) is 32.8 Å². The van der Waals surface area contributed by atoms with Crippen LogP contribution in [0, 0.1) is 0 Å². The number of nitrogens with zero attached hydrogens (tertiary/aromatic N) is 1. The second kappa shape index (κ2) is 3.74. The zero-order valence-corrected chi connectivity index (χ0v) is 11.0. The predicted octanol–water partition coefficient (Wildman–Crippen LogP) is 2.53. The molecule has 2 heterocycles. The Balaban J connectivity index is 1.81. The second-order valence-electron chi connectivity index (χ2n) is 6.44. The minimum Gasteiger partial charge on any atom is -0.366 e. The molecule has 2 fully saturated rings. The van der Waals surface area contributed by atoms with E-state index in [1.165, 1.54) is 24.2 Å². The van der Waals surface area contributed by atoms with Gasteiger partial charge in [-0.1, -0.05) is 32.9 Å². The molecule has 0 amide bonds. The minimum absolute atomic E-state index is 0.254.